The molecule has 0 spiro atoms. The van der Waals surface area contributed by atoms with Crippen LogP contribution < -0.4 is 20.1 Å². The molecular weight excluding hydrogens is 370 g/mol. The monoisotopic (exact) mass is 397 g/mol. The van der Waals surface area contributed by atoms with E-state index in [2.05, 4.69) is 10.6 Å². The van der Waals surface area contributed by atoms with Crippen molar-refractivity contribution in [2.75, 3.05) is 31.6 Å². The molecule has 2 aromatic carbocycles. The summed E-state index contributed by atoms with van der Waals surface area (Å²) in [7, 11) is 0. The molecule has 1 aliphatic heterocycles. The Morgan fingerprint density at radius 2 is 1.72 bits per heavy atom. The zero-order valence-corrected chi connectivity index (χ0v) is 16.6. The molecule has 29 heavy (non-hydrogen) atoms. The summed E-state index contributed by atoms with van der Waals surface area (Å²) in [4.78, 5) is 26.2. The van der Waals surface area contributed by atoms with E-state index in [9.17, 15) is 9.59 Å². The van der Waals surface area contributed by atoms with Crippen LogP contribution in [0.4, 0.5) is 15.3 Å². The zero-order chi connectivity index (χ0) is 20.5. The Labute approximate surface area is 171 Å². The lowest BCUT2D eigenvalue weighted by Gasteiger charge is -2.31. The number of urea groups is 1. The van der Waals surface area contributed by atoms with E-state index in [1.807, 2.05) is 43.3 Å². The first-order valence-corrected chi connectivity index (χ1v) is 9.94. The number of carbonyl (C=O) groups excluding carboxylic acids is 2. The molecule has 2 aromatic rings. The van der Waals surface area contributed by atoms with Crippen LogP contribution in [0.2, 0.25) is 0 Å². The van der Waals surface area contributed by atoms with Gasteiger partial charge in [-0.05, 0) is 49.9 Å². The predicted molar refractivity (Wildman–Crippen MR) is 111 cm³/mol. The molecule has 0 unspecified atom stereocenters. The van der Waals surface area contributed by atoms with Gasteiger partial charge < -0.3 is 25.0 Å². The van der Waals surface area contributed by atoms with Crippen LogP contribution in [-0.4, -0.2) is 43.3 Å². The molecule has 3 amide bonds. The Bertz CT molecular complexity index is 805. The van der Waals surface area contributed by atoms with E-state index >= 15 is 0 Å². The zero-order valence-electron chi connectivity index (χ0n) is 16.6. The number of hydrogen-bond donors (Lipinski definition) is 2. The number of para-hydroxylation sites is 3. The van der Waals surface area contributed by atoms with Gasteiger partial charge in [0.25, 0.3) is 0 Å². The summed E-state index contributed by atoms with van der Waals surface area (Å²) in [5.74, 6) is 1.52. The third-order valence-corrected chi connectivity index (χ3v) is 4.81. The van der Waals surface area contributed by atoms with Crippen LogP contribution in [0.15, 0.2) is 54.6 Å². The molecule has 1 aliphatic rings. The minimum Gasteiger partial charge on any atom is -0.492 e. The second kappa shape index (κ2) is 10.4. The third-order valence-electron chi connectivity index (χ3n) is 4.81. The average Bonchev–Trinajstić information content (AvgIpc) is 2.75. The minimum atomic E-state index is -0.326. The van der Waals surface area contributed by atoms with Gasteiger partial charge in [0.2, 0.25) is 0 Å². The molecule has 154 valence electrons. The SMILES string of the molecule is CCOc1ccccc1NC(=O)NCC1CCN(C(=O)Oc2ccccc2)CC1. The van der Waals surface area contributed by atoms with Gasteiger partial charge in [0.05, 0.1) is 12.3 Å². The number of amides is 3. The Hall–Kier alpha value is -3.22. The molecular formula is C22H27N3O4. The number of carbonyl (C=O) groups is 2. The molecule has 0 aromatic heterocycles. The second-order valence-electron chi connectivity index (χ2n) is 6.88. The normalized spacial score (nSPS) is 14.2. The van der Waals surface area contributed by atoms with Crippen molar-refractivity contribution >= 4 is 17.8 Å². The number of hydrogen-bond acceptors (Lipinski definition) is 4. The van der Waals surface area contributed by atoms with Gasteiger partial charge in [0, 0.05) is 19.6 Å². The highest BCUT2D eigenvalue weighted by atomic mass is 16.6. The van der Waals surface area contributed by atoms with Gasteiger partial charge in [-0.2, -0.15) is 0 Å². The Balaban J connectivity index is 1.39. The van der Waals surface area contributed by atoms with Crippen LogP contribution in [0.1, 0.15) is 19.8 Å². The number of benzene rings is 2. The average molecular weight is 397 g/mol. The van der Waals surface area contributed by atoms with Gasteiger partial charge in [-0.15, -0.1) is 0 Å². The maximum Gasteiger partial charge on any atom is 0.415 e. The van der Waals surface area contributed by atoms with E-state index in [1.54, 1.807) is 23.1 Å². The van der Waals surface area contributed by atoms with Crippen molar-refractivity contribution in [1.29, 1.82) is 0 Å². The summed E-state index contributed by atoms with van der Waals surface area (Å²) < 4.78 is 10.9. The molecule has 0 bridgehead atoms. The van der Waals surface area contributed by atoms with Crippen molar-refractivity contribution < 1.29 is 19.1 Å². The van der Waals surface area contributed by atoms with Crippen molar-refractivity contribution in [3.63, 3.8) is 0 Å². The molecule has 0 saturated carbocycles. The first-order valence-electron chi connectivity index (χ1n) is 9.94. The number of likely N-dealkylation sites (tertiary alicyclic amines) is 1. The maximum absolute atomic E-state index is 12.2. The molecule has 2 N–H and O–H groups in total. The van der Waals surface area contributed by atoms with E-state index in [0.717, 1.165) is 12.8 Å². The number of piperidine rings is 1. The topological polar surface area (TPSA) is 79.9 Å². The number of nitrogens with zero attached hydrogens (tertiary/aromatic N) is 1. The molecule has 1 heterocycles. The highest BCUT2D eigenvalue weighted by Gasteiger charge is 2.24. The van der Waals surface area contributed by atoms with Crippen molar-refractivity contribution in [2.24, 2.45) is 5.92 Å². The fourth-order valence-electron chi connectivity index (χ4n) is 3.23. The number of anilines is 1. The molecule has 0 atom stereocenters. The van der Waals surface area contributed by atoms with Gasteiger partial charge >= 0.3 is 12.1 Å². The highest BCUT2D eigenvalue weighted by molar-refractivity contribution is 5.90. The second-order valence-corrected chi connectivity index (χ2v) is 6.88. The molecule has 0 radical (unpaired) electrons. The highest BCUT2D eigenvalue weighted by Crippen LogP contribution is 2.23. The number of rotatable bonds is 6. The minimum absolute atomic E-state index is 0.261. The lowest BCUT2D eigenvalue weighted by molar-refractivity contribution is 0.130. The lowest BCUT2D eigenvalue weighted by atomic mass is 9.97. The van der Waals surface area contributed by atoms with Crippen LogP contribution in [-0.2, 0) is 0 Å². The summed E-state index contributed by atoms with van der Waals surface area (Å²) >= 11 is 0. The summed E-state index contributed by atoms with van der Waals surface area (Å²) in [6.07, 6.45) is 1.31. The van der Waals surface area contributed by atoms with Crippen molar-refractivity contribution in [3.8, 4) is 11.5 Å². The fourth-order valence-corrected chi connectivity index (χ4v) is 3.23. The van der Waals surface area contributed by atoms with Crippen LogP contribution in [0.3, 0.4) is 0 Å². The predicted octanol–water partition coefficient (Wildman–Crippen LogP) is 4.12. The van der Waals surface area contributed by atoms with Gasteiger partial charge in [0.1, 0.15) is 11.5 Å². The van der Waals surface area contributed by atoms with E-state index < -0.39 is 0 Å². The first-order chi connectivity index (χ1) is 14.2. The Kier molecular flexibility index (Phi) is 7.33. The largest absolute Gasteiger partial charge is 0.492 e. The molecule has 0 aliphatic carbocycles. The van der Waals surface area contributed by atoms with E-state index in [1.165, 1.54) is 0 Å². The third kappa shape index (κ3) is 6.14. The Morgan fingerprint density at radius 3 is 2.45 bits per heavy atom. The maximum atomic E-state index is 12.2. The molecule has 1 saturated heterocycles. The van der Waals surface area contributed by atoms with Gasteiger partial charge in [-0.25, -0.2) is 9.59 Å². The standard InChI is InChI=1S/C22H27N3O4/c1-2-28-20-11-7-6-10-19(20)24-21(26)23-16-17-12-14-25(15-13-17)22(27)29-18-8-4-3-5-9-18/h3-11,17H,2,12-16H2,1H3,(H2,23,24,26). The van der Waals surface area contributed by atoms with Crippen molar-refractivity contribution in [2.45, 2.75) is 19.8 Å². The van der Waals surface area contributed by atoms with Crippen LogP contribution in [0, 0.1) is 5.92 Å². The summed E-state index contributed by atoms with van der Waals surface area (Å²) in [5.41, 5.74) is 0.644. The smallest absolute Gasteiger partial charge is 0.415 e. The molecule has 7 nitrogen and oxygen atoms in total. The van der Waals surface area contributed by atoms with Crippen molar-refractivity contribution in [3.05, 3.63) is 54.6 Å². The first kappa shape index (κ1) is 20.5. The Morgan fingerprint density at radius 1 is 1.03 bits per heavy atom. The van der Waals surface area contributed by atoms with E-state index in [4.69, 9.17) is 9.47 Å². The quantitative estimate of drug-likeness (QED) is 0.768. The summed E-state index contributed by atoms with van der Waals surface area (Å²) in [5, 5.41) is 5.74. The summed E-state index contributed by atoms with van der Waals surface area (Å²) in [6.45, 7) is 4.23. The van der Waals surface area contributed by atoms with Crippen LogP contribution in [0.5, 0.6) is 11.5 Å². The molecule has 7 heteroatoms. The fraction of sp³-hybridized carbons (Fsp3) is 0.364. The van der Waals surface area contributed by atoms with Crippen LogP contribution >= 0.6 is 0 Å². The number of ether oxygens (including phenoxy) is 2. The summed E-state index contributed by atoms with van der Waals surface area (Å²) in [6, 6.07) is 16.1. The van der Waals surface area contributed by atoms with E-state index in [0.29, 0.717) is 49.3 Å². The van der Waals surface area contributed by atoms with Crippen molar-refractivity contribution in [1.82, 2.24) is 10.2 Å². The number of nitrogens with one attached hydrogen (secondary N) is 2. The van der Waals surface area contributed by atoms with Gasteiger partial charge in [0.15, 0.2) is 0 Å². The van der Waals surface area contributed by atoms with Gasteiger partial charge in [-0.3, -0.25) is 0 Å². The molecule has 3 rings (SSSR count). The van der Waals surface area contributed by atoms with Gasteiger partial charge in [-0.1, -0.05) is 30.3 Å². The lowest BCUT2D eigenvalue weighted by Crippen LogP contribution is -2.43. The molecule has 1 fully saturated rings. The van der Waals surface area contributed by atoms with E-state index in [-0.39, 0.29) is 12.1 Å². The van der Waals surface area contributed by atoms with Crippen LogP contribution in [0.25, 0.3) is 0 Å².